The minimum Gasteiger partial charge on any atom is -0.354 e. The van der Waals surface area contributed by atoms with E-state index in [0.717, 1.165) is 12.0 Å². The second-order valence-corrected chi connectivity index (χ2v) is 7.22. The summed E-state index contributed by atoms with van der Waals surface area (Å²) >= 11 is 1.63. The molecular formula is C16H25N3O2S. The van der Waals surface area contributed by atoms with Gasteiger partial charge in [-0.1, -0.05) is 13.8 Å². The molecule has 122 valence electrons. The van der Waals surface area contributed by atoms with Crippen LogP contribution in [0.5, 0.6) is 0 Å². The average molecular weight is 323 g/mol. The van der Waals surface area contributed by atoms with Gasteiger partial charge in [-0.25, -0.2) is 0 Å². The van der Waals surface area contributed by atoms with E-state index >= 15 is 0 Å². The van der Waals surface area contributed by atoms with Gasteiger partial charge in [-0.3, -0.25) is 9.59 Å². The third kappa shape index (κ3) is 3.66. The lowest BCUT2D eigenvalue weighted by atomic mass is 10.1. The zero-order valence-electron chi connectivity index (χ0n) is 13.8. The van der Waals surface area contributed by atoms with E-state index in [1.54, 1.807) is 16.7 Å². The zero-order valence-corrected chi connectivity index (χ0v) is 14.6. The maximum absolute atomic E-state index is 12.8. The number of amides is 2. The molecule has 5 nitrogen and oxygen atoms in total. The number of hydrogen-bond acceptors (Lipinski definition) is 3. The van der Waals surface area contributed by atoms with Gasteiger partial charge in [0.05, 0.1) is 5.88 Å². The normalized spacial score (nSPS) is 18.0. The van der Waals surface area contributed by atoms with Gasteiger partial charge in [-0.15, -0.1) is 11.8 Å². The zero-order chi connectivity index (χ0) is 16.3. The van der Waals surface area contributed by atoms with E-state index in [0.29, 0.717) is 29.8 Å². The molecule has 2 heterocycles. The summed E-state index contributed by atoms with van der Waals surface area (Å²) < 4.78 is 1.83. The lowest BCUT2D eigenvalue weighted by Gasteiger charge is -2.24. The van der Waals surface area contributed by atoms with Crippen molar-refractivity contribution in [2.24, 2.45) is 13.0 Å². The predicted octanol–water partition coefficient (Wildman–Crippen LogP) is 2.01. The molecule has 6 heteroatoms. The highest BCUT2D eigenvalue weighted by Crippen LogP contribution is 2.24. The molecule has 0 radical (unpaired) electrons. The fourth-order valence-corrected chi connectivity index (χ4v) is 3.73. The van der Waals surface area contributed by atoms with E-state index < -0.39 is 0 Å². The lowest BCUT2D eigenvalue weighted by Crippen LogP contribution is -2.48. The maximum Gasteiger partial charge on any atom is 0.272 e. The van der Waals surface area contributed by atoms with E-state index in [1.807, 2.05) is 30.8 Å². The Bertz CT molecular complexity index is 534. The van der Waals surface area contributed by atoms with Crippen LogP contribution in [0.1, 0.15) is 36.3 Å². The molecule has 0 bridgehead atoms. The first kappa shape index (κ1) is 16.9. The Kier molecular flexibility index (Phi) is 5.56. The Labute approximate surface area is 136 Å². The third-order valence-corrected chi connectivity index (χ3v) is 4.96. The molecule has 2 amide bonds. The average Bonchev–Trinajstić information content (AvgIpc) is 3.05. The van der Waals surface area contributed by atoms with Crippen molar-refractivity contribution in [3.05, 3.63) is 23.5 Å². The molecule has 0 spiro atoms. The standard InChI is InChI=1S/C16H25N3O2S/c1-11(2)5-7-17-15(20)13-9-22-10-19(13)16(21)14-12(3)6-8-18(14)4/h6,8,11,13H,5,7,9-10H2,1-4H3,(H,17,20). The first-order valence-electron chi connectivity index (χ1n) is 7.70. The minimum atomic E-state index is -0.362. The summed E-state index contributed by atoms with van der Waals surface area (Å²) in [5, 5.41) is 2.96. The highest BCUT2D eigenvalue weighted by Gasteiger charge is 2.36. The smallest absolute Gasteiger partial charge is 0.272 e. The van der Waals surface area contributed by atoms with Crippen LogP contribution in [0, 0.1) is 12.8 Å². The van der Waals surface area contributed by atoms with E-state index in [-0.39, 0.29) is 17.9 Å². The molecular weight excluding hydrogens is 298 g/mol. The second kappa shape index (κ2) is 7.22. The molecule has 1 atom stereocenters. The number of hydrogen-bond donors (Lipinski definition) is 1. The summed E-state index contributed by atoms with van der Waals surface area (Å²) in [6.07, 6.45) is 2.83. The number of carbonyl (C=O) groups is 2. The first-order valence-corrected chi connectivity index (χ1v) is 8.85. The van der Waals surface area contributed by atoms with Crippen molar-refractivity contribution < 1.29 is 9.59 Å². The van der Waals surface area contributed by atoms with Crippen LogP contribution in [-0.2, 0) is 11.8 Å². The SMILES string of the molecule is Cc1ccn(C)c1C(=O)N1CSCC1C(=O)NCCC(C)C. The van der Waals surface area contributed by atoms with E-state index in [2.05, 4.69) is 19.2 Å². The van der Waals surface area contributed by atoms with E-state index in [1.165, 1.54) is 0 Å². The second-order valence-electron chi connectivity index (χ2n) is 6.22. The molecule has 1 saturated heterocycles. The molecule has 0 aliphatic carbocycles. The van der Waals surface area contributed by atoms with Crippen molar-refractivity contribution >= 4 is 23.6 Å². The Morgan fingerprint density at radius 3 is 2.77 bits per heavy atom. The quantitative estimate of drug-likeness (QED) is 0.902. The molecule has 22 heavy (non-hydrogen) atoms. The van der Waals surface area contributed by atoms with Gasteiger partial charge < -0.3 is 14.8 Å². The third-order valence-electron chi connectivity index (χ3n) is 3.94. The van der Waals surface area contributed by atoms with Crippen LogP contribution >= 0.6 is 11.8 Å². The number of rotatable bonds is 5. The van der Waals surface area contributed by atoms with Crippen molar-refractivity contribution in [3.8, 4) is 0 Å². The molecule has 1 fully saturated rings. The fraction of sp³-hybridized carbons (Fsp3) is 0.625. The van der Waals surface area contributed by atoms with Crippen molar-refractivity contribution in [1.82, 2.24) is 14.8 Å². The number of aryl methyl sites for hydroxylation is 2. The Morgan fingerprint density at radius 1 is 1.45 bits per heavy atom. The summed E-state index contributed by atoms with van der Waals surface area (Å²) in [6.45, 7) is 6.86. The molecule has 1 aliphatic rings. The van der Waals surface area contributed by atoms with Gasteiger partial charge in [0, 0.05) is 25.5 Å². The minimum absolute atomic E-state index is 0.0362. The molecule has 1 N–H and O–H groups in total. The van der Waals surface area contributed by atoms with Gasteiger partial charge >= 0.3 is 0 Å². The van der Waals surface area contributed by atoms with Crippen LogP contribution in [0.3, 0.4) is 0 Å². The van der Waals surface area contributed by atoms with E-state index in [4.69, 9.17) is 0 Å². The lowest BCUT2D eigenvalue weighted by molar-refractivity contribution is -0.124. The molecule has 1 aromatic rings. The molecule has 1 aliphatic heterocycles. The summed E-state index contributed by atoms with van der Waals surface area (Å²) in [7, 11) is 1.86. The molecule has 1 unspecified atom stereocenters. The van der Waals surface area contributed by atoms with Crippen molar-refractivity contribution in [3.63, 3.8) is 0 Å². The van der Waals surface area contributed by atoms with Crippen LogP contribution in [-0.4, -0.2) is 45.5 Å². The Hall–Kier alpha value is -1.43. The number of nitrogens with one attached hydrogen (secondary N) is 1. The predicted molar refractivity (Wildman–Crippen MR) is 89.9 cm³/mol. The van der Waals surface area contributed by atoms with Gasteiger partial charge in [0.15, 0.2) is 0 Å². The number of carbonyl (C=O) groups excluding carboxylic acids is 2. The maximum atomic E-state index is 12.8. The number of nitrogens with zero attached hydrogens (tertiary/aromatic N) is 2. The van der Waals surface area contributed by atoms with Gasteiger partial charge in [0.1, 0.15) is 11.7 Å². The molecule has 0 aromatic carbocycles. The van der Waals surface area contributed by atoms with Gasteiger partial charge in [-0.05, 0) is 30.9 Å². The largest absolute Gasteiger partial charge is 0.354 e. The van der Waals surface area contributed by atoms with Gasteiger partial charge in [0.2, 0.25) is 5.91 Å². The number of aromatic nitrogens is 1. The van der Waals surface area contributed by atoms with Crippen LogP contribution < -0.4 is 5.32 Å². The molecule has 0 saturated carbocycles. The highest BCUT2D eigenvalue weighted by atomic mass is 32.2. The summed E-state index contributed by atoms with van der Waals surface area (Å²) in [4.78, 5) is 26.8. The van der Waals surface area contributed by atoms with Crippen LogP contribution in [0.15, 0.2) is 12.3 Å². The van der Waals surface area contributed by atoms with Crippen molar-refractivity contribution in [2.75, 3.05) is 18.2 Å². The monoisotopic (exact) mass is 323 g/mol. The fourth-order valence-electron chi connectivity index (χ4n) is 2.57. The van der Waals surface area contributed by atoms with Crippen LogP contribution in [0.2, 0.25) is 0 Å². The number of thioether (sulfide) groups is 1. The topological polar surface area (TPSA) is 54.3 Å². The van der Waals surface area contributed by atoms with Crippen LogP contribution in [0.25, 0.3) is 0 Å². The van der Waals surface area contributed by atoms with Crippen LogP contribution in [0.4, 0.5) is 0 Å². The first-order chi connectivity index (χ1) is 10.4. The summed E-state index contributed by atoms with van der Waals surface area (Å²) in [5.74, 6) is 1.71. The Balaban J connectivity index is 2.04. The van der Waals surface area contributed by atoms with Crippen molar-refractivity contribution in [1.29, 1.82) is 0 Å². The molecule has 1 aromatic heterocycles. The summed E-state index contributed by atoms with van der Waals surface area (Å²) in [5.41, 5.74) is 1.62. The molecule has 2 rings (SSSR count). The van der Waals surface area contributed by atoms with Gasteiger partial charge in [-0.2, -0.15) is 0 Å². The Morgan fingerprint density at radius 2 is 2.18 bits per heavy atom. The van der Waals surface area contributed by atoms with Crippen molar-refractivity contribution in [2.45, 2.75) is 33.2 Å². The van der Waals surface area contributed by atoms with Gasteiger partial charge in [0.25, 0.3) is 5.91 Å². The highest BCUT2D eigenvalue weighted by molar-refractivity contribution is 7.99. The summed E-state index contributed by atoms with van der Waals surface area (Å²) in [6, 6.07) is 1.56. The van der Waals surface area contributed by atoms with E-state index in [9.17, 15) is 9.59 Å².